The number of nitrogens with one attached hydrogen (secondary N) is 2. The second-order valence-corrected chi connectivity index (χ2v) is 7.15. The SMILES string of the molecule is CN(C)c1cc(CNC(=O)NCC(c2ccccc2)N2CCCC2)ccn1. The lowest BCUT2D eigenvalue weighted by Crippen LogP contribution is -2.41. The molecule has 1 aromatic carbocycles. The quantitative estimate of drug-likeness (QED) is 0.790. The molecule has 2 amide bonds. The van der Waals surface area contributed by atoms with Crippen molar-refractivity contribution in [3.63, 3.8) is 0 Å². The number of aromatic nitrogens is 1. The Morgan fingerprint density at radius 1 is 1.15 bits per heavy atom. The van der Waals surface area contributed by atoms with Crippen LogP contribution in [0.1, 0.15) is 30.0 Å². The number of benzene rings is 1. The minimum absolute atomic E-state index is 0.140. The van der Waals surface area contributed by atoms with Gasteiger partial charge in [0.1, 0.15) is 5.82 Å². The Morgan fingerprint density at radius 3 is 2.59 bits per heavy atom. The smallest absolute Gasteiger partial charge is 0.315 e. The number of nitrogens with zero attached hydrogens (tertiary/aromatic N) is 3. The molecule has 1 aliphatic rings. The largest absolute Gasteiger partial charge is 0.363 e. The van der Waals surface area contributed by atoms with Crippen LogP contribution in [0.3, 0.4) is 0 Å². The monoisotopic (exact) mass is 367 g/mol. The van der Waals surface area contributed by atoms with Gasteiger partial charge in [-0.05, 0) is 49.2 Å². The van der Waals surface area contributed by atoms with Crippen LogP contribution in [0.25, 0.3) is 0 Å². The molecular formula is C21H29N5O. The van der Waals surface area contributed by atoms with Crippen molar-refractivity contribution < 1.29 is 4.79 Å². The van der Waals surface area contributed by atoms with Crippen LogP contribution in [-0.2, 0) is 6.54 Å². The van der Waals surface area contributed by atoms with E-state index in [4.69, 9.17) is 0 Å². The van der Waals surface area contributed by atoms with E-state index in [9.17, 15) is 4.79 Å². The molecule has 0 aliphatic carbocycles. The third kappa shape index (κ3) is 5.44. The normalized spacial score (nSPS) is 15.3. The highest BCUT2D eigenvalue weighted by molar-refractivity contribution is 5.73. The lowest BCUT2D eigenvalue weighted by Gasteiger charge is -2.28. The minimum atomic E-state index is -0.140. The van der Waals surface area contributed by atoms with Gasteiger partial charge in [-0.2, -0.15) is 0 Å². The van der Waals surface area contributed by atoms with E-state index in [1.165, 1.54) is 18.4 Å². The zero-order valence-corrected chi connectivity index (χ0v) is 16.2. The third-order valence-corrected chi connectivity index (χ3v) is 4.94. The number of rotatable bonds is 7. The molecule has 2 N–H and O–H groups in total. The first-order valence-corrected chi connectivity index (χ1v) is 9.56. The summed E-state index contributed by atoms with van der Waals surface area (Å²) in [5, 5.41) is 6.00. The number of pyridine rings is 1. The molecule has 3 rings (SSSR count). The maximum Gasteiger partial charge on any atom is 0.315 e. The number of likely N-dealkylation sites (tertiary alicyclic amines) is 1. The first kappa shape index (κ1) is 19.2. The van der Waals surface area contributed by atoms with Gasteiger partial charge in [-0.25, -0.2) is 9.78 Å². The summed E-state index contributed by atoms with van der Waals surface area (Å²) in [5.74, 6) is 0.882. The van der Waals surface area contributed by atoms with Crippen LogP contribution in [0.4, 0.5) is 10.6 Å². The highest BCUT2D eigenvalue weighted by atomic mass is 16.2. The summed E-state index contributed by atoms with van der Waals surface area (Å²) in [7, 11) is 3.91. The molecule has 1 unspecified atom stereocenters. The van der Waals surface area contributed by atoms with E-state index in [1.807, 2.05) is 37.2 Å². The predicted molar refractivity (Wildman–Crippen MR) is 109 cm³/mol. The Kier molecular flexibility index (Phi) is 6.65. The van der Waals surface area contributed by atoms with E-state index in [0.29, 0.717) is 13.1 Å². The molecule has 1 fully saturated rings. The number of urea groups is 1. The fraction of sp³-hybridized carbons (Fsp3) is 0.429. The van der Waals surface area contributed by atoms with Gasteiger partial charge in [-0.1, -0.05) is 30.3 Å². The number of anilines is 1. The molecule has 1 aliphatic heterocycles. The molecule has 0 radical (unpaired) electrons. The third-order valence-electron chi connectivity index (χ3n) is 4.94. The van der Waals surface area contributed by atoms with Crippen LogP contribution in [0.2, 0.25) is 0 Å². The molecule has 1 aromatic heterocycles. The zero-order valence-electron chi connectivity index (χ0n) is 16.2. The summed E-state index contributed by atoms with van der Waals surface area (Å²) < 4.78 is 0. The molecule has 2 aromatic rings. The van der Waals surface area contributed by atoms with Crippen molar-refractivity contribution in [3.05, 3.63) is 59.8 Å². The first-order valence-electron chi connectivity index (χ1n) is 9.56. The van der Waals surface area contributed by atoms with Gasteiger partial charge >= 0.3 is 6.03 Å². The summed E-state index contributed by atoms with van der Waals surface area (Å²) in [5.41, 5.74) is 2.28. The molecule has 0 saturated carbocycles. The standard InChI is InChI=1S/C21H29N5O/c1-25(2)20-14-17(10-11-22-20)15-23-21(27)24-16-19(26-12-6-7-13-26)18-8-4-3-5-9-18/h3-5,8-11,14,19H,6-7,12-13,15-16H2,1-2H3,(H2,23,24,27). The minimum Gasteiger partial charge on any atom is -0.363 e. The van der Waals surface area contributed by atoms with Crippen LogP contribution >= 0.6 is 0 Å². The second kappa shape index (κ2) is 9.37. The summed E-state index contributed by atoms with van der Waals surface area (Å²) in [6, 6.07) is 14.4. The maximum absolute atomic E-state index is 12.3. The summed E-state index contributed by atoms with van der Waals surface area (Å²) in [6.45, 7) is 3.27. The van der Waals surface area contributed by atoms with Crippen molar-refractivity contribution in [2.75, 3.05) is 38.6 Å². The molecule has 144 valence electrons. The van der Waals surface area contributed by atoms with E-state index in [2.05, 4.69) is 44.8 Å². The average molecular weight is 367 g/mol. The van der Waals surface area contributed by atoms with Crippen LogP contribution in [-0.4, -0.2) is 49.6 Å². The van der Waals surface area contributed by atoms with Gasteiger partial charge < -0.3 is 15.5 Å². The van der Waals surface area contributed by atoms with Gasteiger partial charge in [0.05, 0.1) is 6.04 Å². The van der Waals surface area contributed by atoms with Crippen LogP contribution in [0.5, 0.6) is 0 Å². The summed E-state index contributed by atoms with van der Waals surface area (Å²) in [4.78, 5) is 21.0. The topological polar surface area (TPSA) is 60.5 Å². The molecule has 0 bridgehead atoms. The highest BCUT2D eigenvalue weighted by Crippen LogP contribution is 2.24. The van der Waals surface area contributed by atoms with Crippen molar-refractivity contribution in [2.24, 2.45) is 0 Å². The Hall–Kier alpha value is -2.60. The van der Waals surface area contributed by atoms with E-state index in [-0.39, 0.29) is 12.1 Å². The molecule has 27 heavy (non-hydrogen) atoms. The Balaban J connectivity index is 1.54. The summed E-state index contributed by atoms with van der Waals surface area (Å²) in [6.07, 6.45) is 4.22. The maximum atomic E-state index is 12.3. The van der Waals surface area contributed by atoms with Gasteiger partial charge in [-0.15, -0.1) is 0 Å². The number of carbonyl (C=O) groups is 1. The van der Waals surface area contributed by atoms with E-state index < -0.39 is 0 Å². The Bertz CT molecular complexity index is 728. The number of hydrogen-bond donors (Lipinski definition) is 2. The van der Waals surface area contributed by atoms with Gasteiger partial charge in [-0.3, -0.25) is 4.90 Å². The number of hydrogen-bond acceptors (Lipinski definition) is 4. The van der Waals surface area contributed by atoms with Gasteiger partial charge in [0.25, 0.3) is 0 Å². The lowest BCUT2D eigenvalue weighted by atomic mass is 10.1. The van der Waals surface area contributed by atoms with Crippen molar-refractivity contribution >= 4 is 11.8 Å². The zero-order chi connectivity index (χ0) is 19.1. The molecule has 1 atom stereocenters. The second-order valence-electron chi connectivity index (χ2n) is 7.15. The highest BCUT2D eigenvalue weighted by Gasteiger charge is 2.23. The van der Waals surface area contributed by atoms with E-state index >= 15 is 0 Å². The fourth-order valence-electron chi connectivity index (χ4n) is 3.44. The number of carbonyl (C=O) groups excluding carboxylic acids is 1. The average Bonchev–Trinajstić information content (AvgIpc) is 3.22. The van der Waals surface area contributed by atoms with Crippen molar-refractivity contribution in [3.8, 4) is 0 Å². The molecule has 6 heteroatoms. The first-order chi connectivity index (χ1) is 13.1. The van der Waals surface area contributed by atoms with Gasteiger partial charge in [0, 0.05) is 33.4 Å². The molecule has 0 spiro atoms. The van der Waals surface area contributed by atoms with Crippen LogP contribution < -0.4 is 15.5 Å². The predicted octanol–water partition coefficient (Wildman–Crippen LogP) is 2.78. The molecule has 2 heterocycles. The van der Waals surface area contributed by atoms with Gasteiger partial charge in [0.2, 0.25) is 0 Å². The van der Waals surface area contributed by atoms with Crippen molar-refractivity contribution in [2.45, 2.75) is 25.4 Å². The van der Waals surface area contributed by atoms with E-state index in [0.717, 1.165) is 24.5 Å². The molecule has 1 saturated heterocycles. The van der Waals surface area contributed by atoms with Crippen LogP contribution in [0, 0.1) is 0 Å². The van der Waals surface area contributed by atoms with Crippen molar-refractivity contribution in [1.82, 2.24) is 20.5 Å². The van der Waals surface area contributed by atoms with Gasteiger partial charge in [0.15, 0.2) is 0 Å². The lowest BCUT2D eigenvalue weighted by molar-refractivity contribution is 0.220. The van der Waals surface area contributed by atoms with E-state index in [1.54, 1.807) is 6.20 Å². The van der Waals surface area contributed by atoms with Crippen molar-refractivity contribution in [1.29, 1.82) is 0 Å². The number of amides is 2. The fourth-order valence-corrected chi connectivity index (χ4v) is 3.44. The Labute approximate surface area is 161 Å². The molecular weight excluding hydrogens is 338 g/mol. The molecule has 6 nitrogen and oxygen atoms in total. The Morgan fingerprint density at radius 2 is 1.89 bits per heavy atom. The van der Waals surface area contributed by atoms with Crippen LogP contribution in [0.15, 0.2) is 48.7 Å². The summed E-state index contributed by atoms with van der Waals surface area (Å²) >= 11 is 0.